The van der Waals surface area contributed by atoms with E-state index in [-0.39, 0.29) is 17.9 Å². The molecule has 1 fully saturated rings. The predicted molar refractivity (Wildman–Crippen MR) is 116 cm³/mol. The fraction of sp³-hybridized carbons (Fsp3) is 0.320. The zero-order valence-corrected chi connectivity index (χ0v) is 17.5. The molecule has 0 aliphatic carbocycles. The van der Waals surface area contributed by atoms with E-state index in [0.717, 1.165) is 36.2 Å². The van der Waals surface area contributed by atoms with Gasteiger partial charge in [0.25, 0.3) is 0 Å². The number of amides is 1. The smallest absolute Gasteiger partial charge is 0.234 e. The van der Waals surface area contributed by atoms with Crippen molar-refractivity contribution in [3.05, 3.63) is 89.4 Å². The first kappa shape index (κ1) is 20.1. The Bertz CT molecular complexity index is 932. The van der Waals surface area contributed by atoms with Crippen molar-refractivity contribution >= 4 is 5.91 Å². The second kappa shape index (κ2) is 9.08. The van der Waals surface area contributed by atoms with Crippen LogP contribution in [-0.2, 0) is 4.79 Å². The number of carbonyl (C=O) groups is 1. The van der Waals surface area contributed by atoms with Gasteiger partial charge in [0.2, 0.25) is 11.8 Å². The lowest BCUT2D eigenvalue weighted by molar-refractivity contribution is -0.134. The first-order valence-electron chi connectivity index (χ1n) is 10.5. The number of hydrogen-bond acceptors (Lipinski definition) is 4. The highest BCUT2D eigenvalue weighted by Crippen LogP contribution is 2.28. The van der Waals surface area contributed by atoms with Gasteiger partial charge in [0.05, 0.1) is 12.5 Å². The maximum absolute atomic E-state index is 13.7. The number of likely N-dealkylation sites (tertiary alicyclic amines) is 1. The summed E-state index contributed by atoms with van der Waals surface area (Å²) in [7, 11) is 0. The summed E-state index contributed by atoms with van der Waals surface area (Å²) in [4.78, 5) is 24.3. The van der Waals surface area contributed by atoms with Gasteiger partial charge in [-0.15, -0.1) is 0 Å². The summed E-state index contributed by atoms with van der Waals surface area (Å²) >= 11 is 0. The molecule has 1 aliphatic heterocycles. The summed E-state index contributed by atoms with van der Waals surface area (Å²) in [5, 5.41) is 0. The van der Waals surface area contributed by atoms with E-state index in [1.165, 1.54) is 0 Å². The highest BCUT2D eigenvalue weighted by molar-refractivity contribution is 5.87. The van der Waals surface area contributed by atoms with Gasteiger partial charge >= 0.3 is 0 Å². The lowest BCUT2D eigenvalue weighted by Gasteiger charge is -2.35. The lowest BCUT2D eigenvalue weighted by atomic mass is 9.89. The molecule has 0 radical (unpaired) electrons. The van der Waals surface area contributed by atoms with E-state index in [4.69, 9.17) is 4.74 Å². The Morgan fingerprint density at radius 1 is 1.00 bits per heavy atom. The summed E-state index contributed by atoms with van der Waals surface area (Å²) in [6, 6.07) is 21.9. The molecule has 1 aliphatic rings. The topological polar surface area (TPSA) is 55.3 Å². The van der Waals surface area contributed by atoms with Crippen molar-refractivity contribution < 1.29 is 9.53 Å². The Morgan fingerprint density at radius 3 is 2.23 bits per heavy atom. The molecule has 1 amide bonds. The molecular weight excluding hydrogens is 374 g/mol. The summed E-state index contributed by atoms with van der Waals surface area (Å²) in [5.41, 5.74) is 2.91. The molecule has 1 saturated heterocycles. The quantitative estimate of drug-likeness (QED) is 0.640. The van der Waals surface area contributed by atoms with E-state index in [9.17, 15) is 4.79 Å². The van der Waals surface area contributed by atoms with Gasteiger partial charge in [0.15, 0.2) is 0 Å². The minimum Gasteiger partial charge on any atom is -0.472 e. The minimum absolute atomic E-state index is 0.0661. The van der Waals surface area contributed by atoms with Gasteiger partial charge in [0.1, 0.15) is 11.9 Å². The van der Waals surface area contributed by atoms with Crippen LogP contribution in [0.5, 0.6) is 5.88 Å². The third kappa shape index (κ3) is 4.67. The lowest BCUT2D eigenvalue weighted by Crippen LogP contribution is -2.46. The summed E-state index contributed by atoms with van der Waals surface area (Å²) < 4.78 is 6.14. The third-order valence-electron chi connectivity index (χ3n) is 5.43. The summed E-state index contributed by atoms with van der Waals surface area (Å²) in [6.07, 6.45) is 1.76. The van der Waals surface area contributed by atoms with Gasteiger partial charge in [-0.3, -0.25) is 4.79 Å². The Hall–Kier alpha value is -3.21. The molecular formula is C25H27N3O2. The number of rotatable bonds is 5. The second-order valence-corrected chi connectivity index (χ2v) is 7.82. The minimum atomic E-state index is -0.310. The molecule has 0 bridgehead atoms. The van der Waals surface area contributed by atoms with Gasteiger partial charge < -0.3 is 9.64 Å². The van der Waals surface area contributed by atoms with Crippen molar-refractivity contribution in [1.29, 1.82) is 0 Å². The van der Waals surface area contributed by atoms with Crippen molar-refractivity contribution in [1.82, 2.24) is 14.9 Å². The van der Waals surface area contributed by atoms with Crippen LogP contribution in [0.2, 0.25) is 0 Å². The number of nitrogens with zero attached hydrogens (tertiary/aromatic N) is 3. The normalized spacial score (nSPS) is 16.5. The molecule has 1 unspecified atom stereocenters. The fourth-order valence-corrected chi connectivity index (χ4v) is 4.10. The summed E-state index contributed by atoms with van der Waals surface area (Å²) in [5.74, 6) is 1.09. The molecule has 5 nitrogen and oxygen atoms in total. The molecule has 2 heterocycles. The molecule has 1 aromatic heterocycles. The number of hydrogen-bond donors (Lipinski definition) is 0. The van der Waals surface area contributed by atoms with Gasteiger partial charge in [-0.1, -0.05) is 60.7 Å². The van der Waals surface area contributed by atoms with Crippen molar-refractivity contribution in [2.75, 3.05) is 13.1 Å². The van der Waals surface area contributed by atoms with E-state index >= 15 is 0 Å². The molecule has 3 aromatic rings. The highest BCUT2D eigenvalue weighted by Gasteiger charge is 2.31. The maximum atomic E-state index is 13.7. The summed E-state index contributed by atoms with van der Waals surface area (Å²) in [6.45, 7) is 5.11. The first-order chi connectivity index (χ1) is 14.6. The standard InChI is InChI=1S/C25H27N3O2/c1-18-16-23(27-19(2)26-18)30-22-14-9-15-28(17-22)25(29)24(20-10-5-3-6-11-20)21-12-7-4-8-13-21/h3-8,10-13,16,22,24H,9,14-15,17H2,1-2H3. The zero-order valence-electron chi connectivity index (χ0n) is 17.5. The number of aryl methyl sites for hydroxylation is 2. The molecule has 154 valence electrons. The molecule has 0 N–H and O–H groups in total. The van der Waals surface area contributed by atoms with Crippen molar-refractivity contribution in [2.24, 2.45) is 0 Å². The maximum Gasteiger partial charge on any atom is 0.234 e. The number of carbonyl (C=O) groups excluding carboxylic acids is 1. The van der Waals surface area contributed by atoms with E-state index < -0.39 is 0 Å². The zero-order chi connectivity index (χ0) is 20.9. The van der Waals surface area contributed by atoms with E-state index in [0.29, 0.717) is 18.2 Å². The average Bonchev–Trinajstić information content (AvgIpc) is 2.75. The number of piperidine rings is 1. The SMILES string of the molecule is Cc1cc(OC2CCCN(C(=O)C(c3ccccc3)c3ccccc3)C2)nc(C)n1. The largest absolute Gasteiger partial charge is 0.472 e. The average molecular weight is 402 g/mol. The van der Waals surface area contributed by atoms with Crippen LogP contribution in [0, 0.1) is 13.8 Å². The molecule has 0 saturated carbocycles. The van der Waals surface area contributed by atoms with Crippen LogP contribution in [0.25, 0.3) is 0 Å². The predicted octanol–water partition coefficient (Wildman–Crippen LogP) is 4.30. The Morgan fingerprint density at radius 2 is 1.63 bits per heavy atom. The van der Waals surface area contributed by atoms with Gasteiger partial charge in [-0.25, -0.2) is 4.98 Å². The van der Waals surface area contributed by atoms with Crippen LogP contribution >= 0.6 is 0 Å². The van der Waals surface area contributed by atoms with Crippen LogP contribution in [0.3, 0.4) is 0 Å². The van der Waals surface area contributed by atoms with E-state index in [2.05, 4.69) is 9.97 Å². The molecule has 0 spiro atoms. The monoisotopic (exact) mass is 401 g/mol. The van der Waals surface area contributed by atoms with Crippen LogP contribution in [-0.4, -0.2) is 40.0 Å². The Kier molecular flexibility index (Phi) is 6.07. The molecule has 4 rings (SSSR count). The number of benzene rings is 2. The van der Waals surface area contributed by atoms with Gasteiger partial charge in [0, 0.05) is 18.3 Å². The fourth-order valence-electron chi connectivity index (χ4n) is 4.10. The third-order valence-corrected chi connectivity index (χ3v) is 5.43. The highest BCUT2D eigenvalue weighted by atomic mass is 16.5. The molecule has 30 heavy (non-hydrogen) atoms. The van der Waals surface area contributed by atoms with Crippen molar-refractivity contribution in [3.8, 4) is 5.88 Å². The molecule has 5 heteroatoms. The molecule has 2 aromatic carbocycles. The first-order valence-corrected chi connectivity index (χ1v) is 10.5. The van der Waals surface area contributed by atoms with E-state index in [1.54, 1.807) is 0 Å². The van der Waals surface area contributed by atoms with Crippen molar-refractivity contribution in [2.45, 2.75) is 38.7 Å². The van der Waals surface area contributed by atoms with Crippen LogP contribution in [0.15, 0.2) is 66.7 Å². The van der Waals surface area contributed by atoms with Crippen LogP contribution in [0.1, 0.15) is 41.4 Å². The Labute approximate surface area is 177 Å². The number of ether oxygens (including phenoxy) is 1. The second-order valence-electron chi connectivity index (χ2n) is 7.82. The van der Waals surface area contributed by atoms with Gasteiger partial charge in [-0.2, -0.15) is 4.98 Å². The van der Waals surface area contributed by atoms with Crippen LogP contribution < -0.4 is 4.74 Å². The van der Waals surface area contributed by atoms with Crippen molar-refractivity contribution in [3.63, 3.8) is 0 Å². The van der Waals surface area contributed by atoms with Gasteiger partial charge in [-0.05, 0) is 37.8 Å². The number of aromatic nitrogens is 2. The Balaban J connectivity index is 1.54. The van der Waals surface area contributed by atoms with E-state index in [1.807, 2.05) is 85.5 Å². The molecule has 1 atom stereocenters. The van der Waals surface area contributed by atoms with Crippen LogP contribution in [0.4, 0.5) is 0 Å².